The van der Waals surface area contributed by atoms with E-state index in [1.165, 1.54) is 4.80 Å². The highest BCUT2D eigenvalue weighted by atomic mass is 16.3. The van der Waals surface area contributed by atoms with Crippen LogP contribution in [0.3, 0.4) is 0 Å². The van der Waals surface area contributed by atoms with Gasteiger partial charge in [-0.2, -0.15) is 4.80 Å². The number of aromatic nitrogens is 4. The molecule has 0 aliphatic heterocycles. The Morgan fingerprint density at radius 1 is 1.39 bits per heavy atom. The average molecular weight is 245 g/mol. The topological polar surface area (TPSA) is 113 Å². The van der Waals surface area contributed by atoms with E-state index in [0.29, 0.717) is 5.82 Å². The molecule has 0 aliphatic carbocycles. The molecule has 1 aromatic carbocycles. The summed E-state index contributed by atoms with van der Waals surface area (Å²) in [6.45, 7) is 0.123. The van der Waals surface area contributed by atoms with Gasteiger partial charge in [-0.05, 0) is 10.7 Å². The van der Waals surface area contributed by atoms with Crippen LogP contribution in [0.1, 0.15) is 0 Å². The lowest BCUT2D eigenvalue weighted by molar-refractivity contribution is 0.150. The molecule has 0 saturated heterocycles. The summed E-state index contributed by atoms with van der Waals surface area (Å²) in [6, 6.07) is 9.41. The second-order valence-corrected chi connectivity index (χ2v) is 3.60. The predicted octanol–water partition coefficient (Wildman–Crippen LogP) is 1.01. The van der Waals surface area contributed by atoms with Gasteiger partial charge in [0.1, 0.15) is 0 Å². The number of aliphatic hydroxyl groups is 1. The summed E-state index contributed by atoms with van der Waals surface area (Å²) in [7, 11) is 0. The molecule has 0 fully saturated rings. The van der Waals surface area contributed by atoms with E-state index < -0.39 is 6.10 Å². The van der Waals surface area contributed by atoms with Crippen molar-refractivity contribution in [2.45, 2.75) is 12.6 Å². The smallest absolute Gasteiger partial charge is 0.204 e. The number of aliphatic hydroxyl groups excluding tert-OH is 1. The molecular weight excluding hydrogens is 234 g/mol. The number of tetrazole rings is 1. The van der Waals surface area contributed by atoms with E-state index >= 15 is 0 Å². The van der Waals surface area contributed by atoms with Crippen LogP contribution in [0.25, 0.3) is 21.8 Å². The normalized spacial score (nSPS) is 11.8. The number of benzene rings is 1. The maximum absolute atomic E-state index is 9.52. The molecule has 18 heavy (non-hydrogen) atoms. The van der Waals surface area contributed by atoms with Gasteiger partial charge in [0.05, 0.1) is 19.2 Å². The maximum Gasteiger partial charge on any atom is 0.204 e. The Bertz CT molecular complexity index is 546. The summed E-state index contributed by atoms with van der Waals surface area (Å²) in [5.74, 6) is 0.492. The van der Waals surface area contributed by atoms with Crippen LogP contribution in [0.5, 0.6) is 0 Å². The molecule has 2 rings (SSSR count). The van der Waals surface area contributed by atoms with Gasteiger partial charge in [-0.3, -0.25) is 0 Å². The molecule has 0 bridgehead atoms. The lowest BCUT2D eigenvalue weighted by Crippen LogP contribution is -2.20. The van der Waals surface area contributed by atoms with Crippen LogP contribution in [0.2, 0.25) is 0 Å². The minimum absolute atomic E-state index is 0.0152. The fraction of sp³-hybridized carbons (Fsp3) is 0.300. The third kappa shape index (κ3) is 3.03. The largest absolute Gasteiger partial charge is 0.391 e. The lowest BCUT2D eigenvalue weighted by Gasteiger charge is -2.04. The summed E-state index contributed by atoms with van der Waals surface area (Å²) >= 11 is 0. The molecule has 1 heterocycles. The highest BCUT2D eigenvalue weighted by molar-refractivity contribution is 5.52. The summed E-state index contributed by atoms with van der Waals surface area (Å²) in [5, 5.41) is 24.6. The molecule has 0 spiro atoms. The number of azide groups is 1. The van der Waals surface area contributed by atoms with Crippen molar-refractivity contribution in [2.75, 3.05) is 6.54 Å². The first-order chi connectivity index (χ1) is 8.79. The van der Waals surface area contributed by atoms with E-state index in [0.717, 1.165) is 5.56 Å². The van der Waals surface area contributed by atoms with Crippen molar-refractivity contribution in [1.29, 1.82) is 0 Å². The van der Waals surface area contributed by atoms with Crippen molar-refractivity contribution in [3.05, 3.63) is 40.8 Å². The molecule has 0 amide bonds. The number of rotatable bonds is 5. The Morgan fingerprint density at radius 2 is 2.17 bits per heavy atom. The molecule has 2 aromatic rings. The molecule has 0 radical (unpaired) electrons. The molecule has 1 N–H and O–H groups in total. The fourth-order valence-electron chi connectivity index (χ4n) is 1.40. The van der Waals surface area contributed by atoms with Crippen LogP contribution in [-0.4, -0.2) is 38.0 Å². The van der Waals surface area contributed by atoms with Crippen LogP contribution in [0.4, 0.5) is 0 Å². The van der Waals surface area contributed by atoms with Crippen molar-refractivity contribution < 1.29 is 5.11 Å². The zero-order chi connectivity index (χ0) is 12.8. The van der Waals surface area contributed by atoms with E-state index in [2.05, 4.69) is 25.4 Å². The first-order valence-corrected chi connectivity index (χ1v) is 5.32. The molecule has 8 nitrogen and oxygen atoms in total. The van der Waals surface area contributed by atoms with Crippen LogP contribution in [0.15, 0.2) is 35.4 Å². The molecule has 8 heteroatoms. The van der Waals surface area contributed by atoms with Crippen LogP contribution >= 0.6 is 0 Å². The first-order valence-electron chi connectivity index (χ1n) is 5.32. The molecule has 1 unspecified atom stereocenters. The Morgan fingerprint density at radius 3 is 2.89 bits per heavy atom. The maximum atomic E-state index is 9.52. The van der Waals surface area contributed by atoms with Crippen molar-refractivity contribution >= 4 is 0 Å². The Balaban J connectivity index is 2.04. The minimum atomic E-state index is -0.821. The van der Waals surface area contributed by atoms with Crippen molar-refractivity contribution in [1.82, 2.24) is 20.2 Å². The molecule has 1 atom stereocenters. The Labute approximate surface area is 102 Å². The Kier molecular flexibility index (Phi) is 3.85. The average Bonchev–Trinajstić information content (AvgIpc) is 2.86. The SMILES string of the molecule is [N-]=[N+]=NCC(O)Cn1nnc(-c2ccccc2)n1. The van der Waals surface area contributed by atoms with Gasteiger partial charge >= 0.3 is 0 Å². The van der Waals surface area contributed by atoms with Gasteiger partial charge in [-0.1, -0.05) is 35.4 Å². The number of hydrogen-bond donors (Lipinski definition) is 1. The van der Waals surface area contributed by atoms with Crippen LogP contribution in [-0.2, 0) is 6.54 Å². The van der Waals surface area contributed by atoms with E-state index in [1.54, 1.807) is 0 Å². The van der Waals surface area contributed by atoms with Crippen molar-refractivity contribution in [3.8, 4) is 11.4 Å². The van der Waals surface area contributed by atoms with Gasteiger partial charge in [0.15, 0.2) is 0 Å². The summed E-state index contributed by atoms with van der Waals surface area (Å²) in [4.78, 5) is 3.85. The van der Waals surface area contributed by atoms with Gasteiger partial charge in [0, 0.05) is 10.5 Å². The summed E-state index contributed by atoms with van der Waals surface area (Å²) in [5.41, 5.74) is 8.99. The second kappa shape index (κ2) is 5.76. The van der Waals surface area contributed by atoms with Gasteiger partial charge in [0.25, 0.3) is 0 Å². The van der Waals surface area contributed by atoms with Gasteiger partial charge < -0.3 is 5.11 Å². The van der Waals surface area contributed by atoms with E-state index in [-0.39, 0.29) is 13.1 Å². The predicted molar refractivity (Wildman–Crippen MR) is 63.3 cm³/mol. The standard InChI is InChI=1S/C10H11N7O/c11-15-12-6-9(18)7-17-14-10(13-16-17)8-4-2-1-3-5-8/h1-5,9,18H,6-7H2. The number of nitrogens with zero attached hydrogens (tertiary/aromatic N) is 7. The summed E-state index contributed by atoms with van der Waals surface area (Å²) < 4.78 is 0. The molecule has 1 aromatic heterocycles. The monoisotopic (exact) mass is 245 g/mol. The molecule has 0 aliphatic rings. The van der Waals surface area contributed by atoms with E-state index in [1.807, 2.05) is 30.3 Å². The highest BCUT2D eigenvalue weighted by Gasteiger charge is 2.09. The Hall–Kier alpha value is -2.44. The quantitative estimate of drug-likeness (QED) is 0.481. The lowest BCUT2D eigenvalue weighted by atomic mass is 10.2. The molecular formula is C10H11N7O. The molecule has 92 valence electrons. The summed E-state index contributed by atoms with van der Waals surface area (Å²) in [6.07, 6.45) is -0.821. The van der Waals surface area contributed by atoms with Gasteiger partial charge in [-0.15, -0.1) is 10.2 Å². The second-order valence-electron chi connectivity index (χ2n) is 3.60. The van der Waals surface area contributed by atoms with E-state index in [9.17, 15) is 5.11 Å². The highest BCUT2D eigenvalue weighted by Crippen LogP contribution is 2.11. The van der Waals surface area contributed by atoms with Crippen molar-refractivity contribution in [3.63, 3.8) is 0 Å². The first kappa shape index (κ1) is 12.0. The molecule has 0 saturated carbocycles. The van der Waals surface area contributed by atoms with Crippen LogP contribution in [0, 0.1) is 0 Å². The van der Waals surface area contributed by atoms with Gasteiger partial charge in [0.2, 0.25) is 5.82 Å². The van der Waals surface area contributed by atoms with Crippen molar-refractivity contribution in [2.24, 2.45) is 5.11 Å². The van der Waals surface area contributed by atoms with E-state index in [4.69, 9.17) is 5.53 Å². The minimum Gasteiger partial charge on any atom is -0.391 e. The number of hydrogen-bond acceptors (Lipinski definition) is 5. The zero-order valence-corrected chi connectivity index (χ0v) is 9.46. The van der Waals surface area contributed by atoms with Crippen LogP contribution < -0.4 is 0 Å². The fourth-order valence-corrected chi connectivity index (χ4v) is 1.40. The van der Waals surface area contributed by atoms with Gasteiger partial charge in [-0.25, -0.2) is 0 Å². The zero-order valence-electron chi connectivity index (χ0n) is 9.46. The third-order valence-corrected chi connectivity index (χ3v) is 2.21. The third-order valence-electron chi connectivity index (χ3n) is 2.21.